The van der Waals surface area contributed by atoms with Crippen LogP contribution in [0.2, 0.25) is 0 Å². The van der Waals surface area contributed by atoms with E-state index < -0.39 is 0 Å². The van der Waals surface area contributed by atoms with Crippen molar-refractivity contribution in [2.45, 2.75) is 32.3 Å². The molecule has 98 valence electrons. The van der Waals surface area contributed by atoms with Crippen LogP contribution in [0.4, 0.5) is 0 Å². The highest BCUT2D eigenvalue weighted by molar-refractivity contribution is 5.40. The van der Waals surface area contributed by atoms with Crippen LogP contribution >= 0.6 is 0 Å². The lowest BCUT2D eigenvalue weighted by Crippen LogP contribution is -2.02. The van der Waals surface area contributed by atoms with E-state index in [-0.39, 0.29) is 6.61 Å². The fourth-order valence-corrected chi connectivity index (χ4v) is 2.57. The van der Waals surface area contributed by atoms with E-state index in [0.717, 1.165) is 23.5 Å². The fourth-order valence-electron chi connectivity index (χ4n) is 2.57. The van der Waals surface area contributed by atoms with Crippen LogP contribution in [0.3, 0.4) is 0 Å². The molecule has 0 fully saturated rings. The molecule has 0 heterocycles. The Morgan fingerprint density at radius 1 is 0.842 bits per heavy atom. The molecule has 0 bridgehead atoms. The predicted octanol–water partition coefficient (Wildman–Crippen LogP) is 3.85. The number of benzene rings is 2. The van der Waals surface area contributed by atoms with Gasteiger partial charge in [-0.25, -0.2) is 0 Å². The molecule has 2 aromatic carbocycles. The smallest absolute Gasteiger partial charge is 0.127 e. The summed E-state index contributed by atoms with van der Waals surface area (Å²) in [6, 6.07) is 13.9. The molecule has 0 unspecified atom stereocenters. The van der Waals surface area contributed by atoms with Gasteiger partial charge in [0.15, 0.2) is 0 Å². The van der Waals surface area contributed by atoms with E-state index in [2.05, 4.69) is 12.1 Å². The number of hydrogen-bond donors (Lipinski definition) is 1. The van der Waals surface area contributed by atoms with E-state index in [4.69, 9.17) is 9.84 Å². The van der Waals surface area contributed by atoms with Gasteiger partial charge in [-0.2, -0.15) is 0 Å². The van der Waals surface area contributed by atoms with Crippen molar-refractivity contribution >= 4 is 0 Å². The zero-order valence-electron chi connectivity index (χ0n) is 10.9. The lowest BCUT2D eigenvalue weighted by molar-refractivity contribution is 0.281. The van der Waals surface area contributed by atoms with Gasteiger partial charge in [0.05, 0.1) is 6.61 Å². The summed E-state index contributed by atoms with van der Waals surface area (Å²) in [7, 11) is 0. The van der Waals surface area contributed by atoms with E-state index in [1.54, 1.807) is 0 Å². The first kappa shape index (κ1) is 12.2. The molecule has 2 nitrogen and oxygen atoms in total. The van der Waals surface area contributed by atoms with Crippen molar-refractivity contribution in [2.75, 3.05) is 0 Å². The predicted molar refractivity (Wildman–Crippen MR) is 75.5 cm³/mol. The van der Waals surface area contributed by atoms with E-state index in [9.17, 15) is 0 Å². The molecule has 1 aliphatic rings. The second-order valence-corrected chi connectivity index (χ2v) is 5.04. The Labute approximate surface area is 113 Å². The van der Waals surface area contributed by atoms with Gasteiger partial charge in [-0.05, 0) is 66.6 Å². The second-order valence-electron chi connectivity index (χ2n) is 5.04. The SMILES string of the molecule is OCc1ccc(Oc2ccc3c(c2)CCCC3)cc1. The minimum Gasteiger partial charge on any atom is -0.457 e. The average molecular weight is 254 g/mol. The monoisotopic (exact) mass is 254 g/mol. The summed E-state index contributed by atoms with van der Waals surface area (Å²) in [6.07, 6.45) is 4.94. The summed E-state index contributed by atoms with van der Waals surface area (Å²) in [5.41, 5.74) is 3.79. The molecule has 0 saturated heterocycles. The van der Waals surface area contributed by atoms with Gasteiger partial charge in [0.1, 0.15) is 11.5 Å². The summed E-state index contributed by atoms with van der Waals surface area (Å²) in [4.78, 5) is 0. The Bertz CT molecular complexity index is 558. The molecule has 0 spiro atoms. The summed E-state index contributed by atoms with van der Waals surface area (Å²) >= 11 is 0. The van der Waals surface area contributed by atoms with Gasteiger partial charge >= 0.3 is 0 Å². The van der Waals surface area contributed by atoms with E-state index >= 15 is 0 Å². The molecule has 0 saturated carbocycles. The maximum Gasteiger partial charge on any atom is 0.127 e. The van der Waals surface area contributed by atoms with Crippen LogP contribution in [0, 0.1) is 0 Å². The molecule has 0 aromatic heterocycles. The van der Waals surface area contributed by atoms with Crippen LogP contribution in [0.1, 0.15) is 29.5 Å². The van der Waals surface area contributed by atoms with Crippen molar-refractivity contribution in [3.8, 4) is 11.5 Å². The van der Waals surface area contributed by atoms with E-state index in [1.807, 2.05) is 30.3 Å². The van der Waals surface area contributed by atoms with Gasteiger partial charge < -0.3 is 9.84 Å². The molecule has 2 heteroatoms. The molecule has 0 amide bonds. The molecule has 0 atom stereocenters. The largest absolute Gasteiger partial charge is 0.457 e. The third-order valence-corrected chi connectivity index (χ3v) is 3.66. The highest BCUT2D eigenvalue weighted by atomic mass is 16.5. The summed E-state index contributed by atoms with van der Waals surface area (Å²) in [5, 5.41) is 9.01. The van der Waals surface area contributed by atoms with Crippen LogP contribution in [-0.2, 0) is 19.4 Å². The standard InChI is InChI=1S/C17H18O2/c18-12-13-5-8-16(9-6-13)19-17-10-7-14-3-1-2-4-15(14)11-17/h5-11,18H,1-4,12H2. The van der Waals surface area contributed by atoms with Crippen molar-refractivity contribution in [3.05, 3.63) is 59.2 Å². The summed E-state index contributed by atoms with van der Waals surface area (Å²) in [6.45, 7) is 0.0686. The highest BCUT2D eigenvalue weighted by Gasteiger charge is 2.10. The van der Waals surface area contributed by atoms with Crippen molar-refractivity contribution in [2.24, 2.45) is 0 Å². The number of hydrogen-bond acceptors (Lipinski definition) is 2. The first-order valence-electron chi connectivity index (χ1n) is 6.84. The lowest BCUT2D eigenvalue weighted by Gasteiger charge is -2.16. The fraction of sp³-hybridized carbons (Fsp3) is 0.294. The van der Waals surface area contributed by atoms with Crippen LogP contribution < -0.4 is 4.74 Å². The quantitative estimate of drug-likeness (QED) is 0.901. The Kier molecular flexibility index (Phi) is 3.51. The molecular formula is C17H18O2. The molecule has 19 heavy (non-hydrogen) atoms. The number of fused-ring (bicyclic) bond motifs is 1. The van der Waals surface area contributed by atoms with Crippen LogP contribution in [0.25, 0.3) is 0 Å². The zero-order valence-corrected chi connectivity index (χ0v) is 10.9. The number of aliphatic hydroxyl groups excluding tert-OH is 1. The van der Waals surface area contributed by atoms with Crippen molar-refractivity contribution < 1.29 is 9.84 Å². The minimum absolute atomic E-state index is 0.0686. The zero-order chi connectivity index (χ0) is 13.1. The number of ether oxygens (including phenoxy) is 1. The number of aryl methyl sites for hydroxylation is 2. The molecule has 0 aliphatic heterocycles. The molecule has 3 rings (SSSR count). The van der Waals surface area contributed by atoms with Crippen molar-refractivity contribution in [3.63, 3.8) is 0 Å². The van der Waals surface area contributed by atoms with Gasteiger partial charge in [-0.1, -0.05) is 18.2 Å². The highest BCUT2D eigenvalue weighted by Crippen LogP contribution is 2.28. The first-order chi connectivity index (χ1) is 9.35. The minimum atomic E-state index is 0.0686. The Hall–Kier alpha value is -1.80. The molecule has 1 aliphatic carbocycles. The Balaban J connectivity index is 1.78. The molecule has 2 aromatic rings. The normalized spacial score (nSPS) is 13.9. The van der Waals surface area contributed by atoms with Gasteiger partial charge in [-0.15, -0.1) is 0 Å². The molecular weight excluding hydrogens is 236 g/mol. The summed E-state index contributed by atoms with van der Waals surface area (Å²) < 4.78 is 5.86. The van der Waals surface area contributed by atoms with Gasteiger partial charge in [0, 0.05) is 0 Å². The van der Waals surface area contributed by atoms with Crippen LogP contribution in [-0.4, -0.2) is 5.11 Å². The Morgan fingerprint density at radius 3 is 2.26 bits per heavy atom. The van der Waals surface area contributed by atoms with Crippen molar-refractivity contribution in [1.29, 1.82) is 0 Å². The average Bonchev–Trinajstić information content (AvgIpc) is 2.48. The third-order valence-electron chi connectivity index (χ3n) is 3.66. The number of aliphatic hydroxyl groups is 1. The second kappa shape index (κ2) is 5.45. The van der Waals surface area contributed by atoms with Gasteiger partial charge in [-0.3, -0.25) is 0 Å². The topological polar surface area (TPSA) is 29.5 Å². The number of rotatable bonds is 3. The molecule has 1 N–H and O–H groups in total. The maximum absolute atomic E-state index is 9.01. The van der Waals surface area contributed by atoms with E-state index in [0.29, 0.717) is 0 Å². The van der Waals surface area contributed by atoms with Crippen LogP contribution in [0.5, 0.6) is 11.5 Å². The third kappa shape index (κ3) is 2.79. The maximum atomic E-state index is 9.01. The van der Waals surface area contributed by atoms with Crippen molar-refractivity contribution in [1.82, 2.24) is 0 Å². The van der Waals surface area contributed by atoms with Gasteiger partial charge in [0.2, 0.25) is 0 Å². The summed E-state index contributed by atoms with van der Waals surface area (Å²) in [5.74, 6) is 1.71. The molecule has 0 radical (unpaired) electrons. The lowest BCUT2D eigenvalue weighted by atomic mass is 9.92. The Morgan fingerprint density at radius 2 is 1.53 bits per heavy atom. The van der Waals surface area contributed by atoms with Crippen LogP contribution in [0.15, 0.2) is 42.5 Å². The van der Waals surface area contributed by atoms with E-state index in [1.165, 1.54) is 30.4 Å². The van der Waals surface area contributed by atoms with Gasteiger partial charge in [0.25, 0.3) is 0 Å². The first-order valence-corrected chi connectivity index (χ1v) is 6.84.